The van der Waals surface area contributed by atoms with Gasteiger partial charge in [0.15, 0.2) is 0 Å². The van der Waals surface area contributed by atoms with E-state index in [4.69, 9.17) is 9.57 Å². The molecule has 0 bridgehead atoms. The molecule has 8 nitrogen and oxygen atoms in total. The molecule has 0 aliphatic carbocycles. The molecular weight excluding hydrogens is 368 g/mol. The van der Waals surface area contributed by atoms with Crippen LogP contribution in [0.1, 0.15) is 55.2 Å². The average molecular weight is 397 g/mol. The van der Waals surface area contributed by atoms with Gasteiger partial charge in [0.05, 0.1) is 13.2 Å². The fraction of sp³-hybridized carbons (Fsp3) is 0.722. The van der Waals surface area contributed by atoms with Crippen LogP contribution in [0.15, 0.2) is 5.38 Å². The monoisotopic (exact) mass is 396 g/mol. The molecule has 0 N–H and O–H groups in total. The molecule has 2 atom stereocenters. The van der Waals surface area contributed by atoms with Crippen LogP contribution < -0.4 is 0 Å². The van der Waals surface area contributed by atoms with Crippen molar-refractivity contribution in [2.75, 3.05) is 33.8 Å². The molecule has 2 aliphatic heterocycles. The number of rotatable bonds is 3. The van der Waals surface area contributed by atoms with Crippen molar-refractivity contribution in [3.8, 4) is 0 Å². The van der Waals surface area contributed by atoms with Gasteiger partial charge in [-0.15, -0.1) is 11.3 Å². The highest BCUT2D eigenvalue weighted by molar-refractivity contribution is 7.09. The van der Waals surface area contributed by atoms with Crippen LogP contribution in [0.5, 0.6) is 0 Å². The smallest absolute Gasteiger partial charge is 0.410 e. The molecule has 9 heteroatoms. The second-order valence-electron chi connectivity index (χ2n) is 8.00. The first-order chi connectivity index (χ1) is 12.7. The van der Waals surface area contributed by atoms with Gasteiger partial charge in [-0.3, -0.25) is 19.4 Å². The third-order valence-corrected chi connectivity index (χ3v) is 5.85. The Bertz CT molecular complexity index is 702. The third-order valence-electron chi connectivity index (χ3n) is 4.90. The molecular formula is C18H28N4O4S. The molecule has 27 heavy (non-hydrogen) atoms. The summed E-state index contributed by atoms with van der Waals surface area (Å²) in [7, 11) is 2.98. The van der Waals surface area contributed by atoms with Gasteiger partial charge in [0.1, 0.15) is 16.3 Å². The van der Waals surface area contributed by atoms with E-state index in [1.54, 1.807) is 17.3 Å². The van der Waals surface area contributed by atoms with Crippen molar-refractivity contribution in [1.82, 2.24) is 19.8 Å². The number of carbonyl (C=O) groups is 2. The Morgan fingerprint density at radius 3 is 2.74 bits per heavy atom. The molecule has 0 radical (unpaired) electrons. The molecule has 0 spiro atoms. The predicted octanol–water partition coefficient (Wildman–Crippen LogP) is 2.53. The van der Waals surface area contributed by atoms with Gasteiger partial charge in [-0.05, 0) is 40.2 Å². The van der Waals surface area contributed by atoms with Gasteiger partial charge >= 0.3 is 6.09 Å². The topological polar surface area (TPSA) is 75.2 Å². The number of fused-ring (bicyclic) bond motifs is 1. The first-order valence-corrected chi connectivity index (χ1v) is 10.1. The third kappa shape index (κ3) is 4.41. The van der Waals surface area contributed by atoms with Crippen LogP contribution in [0.2, 0.25) is 0 Å². The van der Waals surface area contributed by atoms with Crippen molar-refractivity contribution in [3.05, 3.63) is 16.1 Å². The molecule has 1 unspecified atom stereocenters. The van der Waals surface area contributed by atoms with E-state index in [-0.39, 0.29) is 18.0 Å². The van der Waals surface area contributed by atoms with E-state index in [2.05, 4.69) is 9.88 Å². The maximum atomic E-state index is 12.8. The van der Waals surface area contributed by atoms with Gasteiger partial charge < -0.3 is 4.74 Å². The molecule has 0 saturated carbocycles. The van der Waals surface area contributed by atoms with E-state index in [0.29, 0.717) is 24.8 Å². The Hall–Kier alpha value is -1.71. The summed E-state index contributed by atoms with van der Waals surface area (Å²) in [5, 5.41) is 3.61. The first-order valence-electron chi connectivity index (χ1n) is 9.21. The number of nitrogens with zero attached hydrogens (tertiary/aromatic N) is 4. The maximum Gasteiger partial charge on any atom is 0.410 e. The molecule has 1 aromatic heterocycles. The summed E-state index contributed by atoms with van der Waals surface area (Å²) in [4.78, 5) is 38.8. The summed E-state index contributed by atoms with van der Waals surface area (Å²) in [6.07, 6.45) is 1.91. The molecule has 1 aromatic rings. The van der Waals surface area contributed by atoms with Gasteiger partial charge in [0, 0.05) is 31.6 Å². The normalized spacial score (nSPS) is 23.2. The Labute approximate surface area is 164 Å². The number of piperazine rings is 1. The van der Waals surface area contributed by atoms with Gasteiger partial charge in [-0.25, -0.2) is 14.8 Å². The number of hydrogen-bond donors (Lipinski definition) is 0. The van der Waals surface area contributed by atoms with E-state index in [1.807, 2.05) is 20.8 Å². The molecule has 0 aromatic carbocycles. The zero-order chi connectivity index (χ0) is 19.8. The number of thiazole rings is 1. The Morgan fingerprint density at radius 2 is 2.07 bits per heavy atom. The summed E-state index contributed by atoms with van der Waals surface area (Å²) in [5.74, 6) is -0.307. The average Bonchev–Trinajstić information content (AvgIpc) is 3.26. The van der Waals surface area contributed by atoms with Crippen LogP contribution in [0.25, 0.3) is 0 Å². The second-order valence-corrected chi connectivity index (χ2v) is 8.89. The first kappa shape index (κ1) is 20.0. The molecule has 2 aliphatic rings. The van der Waals surface area contributed by atoms with E-state index < -0.39 is 5.60 Å². The number of amides is 2. The standard InChI is InChI=1S/C18H28N4O4S/c1-18(2,3)26-17(24)22-9-12-7-6-8-21(12)10-14(22)15-19-13(11-27-15)16(23)20(4)25-5/h11-12,14H,6-10H2,1-5H3/t12?,14-/m0/s1. The molecule has 150 valence electrons. The lowest BCUT2D eigenvalue weighted by Gasteiger charge is -2.42. The fourth-order valence-corrected chi connectivity index (χ4v) is 4.43. The van der Waals surface area contributed by atoms with E-state index in [0.717, 1.165) is 29.5 Å². The lowest BCUT2D eigenvalue weighted by molar-refractivity contribution is -0.0760. The summed E-state index contributed by atoms with van der Waals surface area (Å²) < 4.78 is 5.64. The number of hydroxylamine groups is 2. The number of ether oxygens (including phenoxy) is 1. The van der Waals surface area contributed by atoms with Gasteiger partial charge in [-0.2, -0.15) is 0 Å². The number of hydrogen-bond acceptors (Lipinski definition) is 7. The molecule has 3 rings (SSSR count). The molecule has 2 amide bonds. The lowest BCUT2D eigenvalue weighted by atomic mass is 10.1. The van der Waals surface area contributed by atoms with Gasteiger partial charge in [-0.1, -0.05) is 0 Å². The van der Waals surface area contributed by atoms with E-state index in [1.165, 1.54) is 18.4 Å². The largest absolute Gasteiger partial charge is 0.444 e. The summed E-state index contributed by atoms with van der Waals surface area (Å²) in [5.41, 5.74) is -0.230. The molecule has 2 fully saturated rings. The van der Waals surface area contributed by atoms with Crippen LogP contribution in [0.3, 0.4) is 0 Å². The van der Waals surface area contributed by atoms with Crippen molar-refractivity contribution in [2.45, 2.75) is 51.3 Å². The summed E-state index contributed by atoms with van der Waals surface area (Å²) >= 11 is 1.40. The maximum absolute atomic E-state index is 12.8. The fourth-order valence-electron chi connectivity index (χ4n) is 3.53. The number of aromatic nitrogens is 1. The van der Waals surface area contributed by atoms with Crippen molar-refractivity contribution >= 4 is 23.3 Å². The zero-order valence-corrected chi connectivity index (χ0v) is 17.4. The van der Waals surface area contributed by atoms with Gasteiger partial charge in [0.25, 0.3) is 5.91 Å². The van der Waals surface area contributed by atoms with Crippen LogP contribution in [0.4, 0.5) is 4.79 Å². The Balaban J connectivity index is 1.84. The van der Waals surface area contributed by atoms with Crippen molar-refractivity contribution < 1.29 is 19.2 Å². The van der Waals surface area contributed by atoms with Crippen molar-refractivity contribution in [1.29, 1.82) is 0 Å². The van der Waals surface area contributed by atoms with E-state index in [9.17, 15) is 9.59 Å². The minimum Gasteiger partial charge on any atom is -0.444 e. The van der Waals surface area contributed by atoms with Crippen LogP contribution in [-0.2, 0) is 9.57 Å². The van der Waals surface area contributed by atoms with Crippen LogP contribution >= 0.6 is 11.3 Å². The van der Waals surface area contributed by atoms with Crippen LogP contribution in [0, 0.1) is 0 Å². The summed E-state index contributed by atoms with van der Waals surface area (Å²) in [6, 6.07) is 0.156. The predicted molar refractivity (Wildman–Crippen MR) is 101 cm³/mol. The van der Waals surface area contributed by atoms with E-state index >= 15 is 0 Å². The highest BCUT2D eigenvalue weighted by Gasteiger charge is 2.42. The zero-order valence-electron chi connectivity index (χ0n) is 16.6. The Morgan fingerprint density at radius 1 is 1.33 bits per heavy atom. The van der Waals surface area contributed by atoms with Crippen molar-refractivity contribution in [2.24, 2.45) is 0 Å². The highest BCUT2D eigenvalue weighted by Crippen LogP contribution is 2.35. The van der Waals surface area contributed by atoms with Crippen molar-refractivity contribution in [3.63, 3.8) is 0 Å². The minimum atomic E-state index is -0.556. The van der Waals surface area contributed by atoms with Gasteiger partial charge in [0.2, 0.25) is 0 Å². The van der Waals surface area contributed by atoms with Crippen LogP contribution in [-0.4, -0.2) is 77.3 Å². The lowest BCUT2D eigenvalue weighted by Crippen LogP contribution is -2.54. The quantitative estimate of drug-likeness (QED) is 0.731. The Kier molecular flexibility index (Phi) is 5.73. The molecule has 3 heterocycles. The highest BCUT2D eigenvalue weighted by atomic mass is 32.1. The second kappa shape index (κ2) is 7.73. The molecule has 2 saturated heterocycles. The minimum absolute atomic E-state index is 0.214. The number of carbonyl (C=O) groups excluding carboxylic acids is 2. The SMILES string of the molecule is CON(C)C(=O)c1csc([C@@H]2CN3CCCC3CN2C(=O)OC(C)(C)C)n1. The summed E-state index contributed by atoms with van der Waals surface area (Å²) in [6.45, 7) is 7.98.